The molecule has 7 heteroatoms. The van der Waals surface area contributed by atoms with E-state index in [-0.39, 0.29) is 18.4 Å². The lowest BCUT2D eigenvalue weighted by Crippen LogP contribution is -2.04. The van der Waals surface area contributed by atoms with Crippen molar-refractivity contribution in [3.05, 3.63) is 11.9 Å². The number of hydrogen-bond acceptors (Lipinski definition) is 7. The van der Waals surface area contributed by atoms with Crippen molar-refractivity contribution in [2.45, 2.75) is 6.61 Å². The molecule has 7 nitrogen and oxygen atoms in total. The second-order valence-corrected chi connectivity index (χ2v) is 2.66. The SMILES string of the molecule is Nc1nc(N)c2nc(CO)cnc2n1. The number of anilines is 2. The van der Waals surface area contributed by atoms with E-state index in [9.17, 15) is 0 Å². The summed E-state index contributed by atoms with van der Waals surface area (Å²) in [5.74, 6) is 0.219. The van der Waals surface area contributed by atoms with Gasteiger partial charge in [0.25, 0.3) is 0 Å². The quantitative estimate of drug-likeness (QED) is 0.533. The van der Waals surface area contributed by atoms with E-state index < -0.39 is 0 Å². The molecule has 5 N–H and O–H groups in total. The molecule has 2 aromatic rings. The van der Waals surface area contributed by atoms with Crippen LogP contribution in [0.3, 0.4) is 0 Å². The van der Waals surface area contributed by atoms with Gasteiger partial charge in [-0.3, -0.25) is 0 Å². The number of nitrogens with zero attached hydrogens (tertiary/aromatic N) is 4. The van der Waals surface area contributed by atoms with Crippen molar-refractivity contribution in [1.82, 2.24) is 19.9 Å². The number of aromatic nitrogens is 4. The molecular weight excluding hydrogens is 184 g/mol. The van der Waals surface area contributed by atoms with Gasteiger partial charge in [-0.25, -0.2) is 9.97 Å². The Morgan fingerprint density at radius 3 is 2.71 bits per heavy atom. The van der Waals surface area contributed by atoms with E-state index in [4.69, 9.17) is 16.6 Å². The lowest BCUT2D eigenvalue weighted by Gasteiger charge is -2.01. The van der Waals surface area contributed by atoms with E-state index in [2.05, 4.69) is 19.9 Å². The van der Waals surface area contributed by atoms with Crippen molar-refractivity contribution < 1.29 is 5.11 Å². The minimum absolute atomic E-state index is 0.0565. The molecule has 0 saturated heterocycles. The molecule has 0 aliphatic heterocycles. The highest BCUT2D eigenvalue weighted by Gasteiger charge is 2.06. The lowest BCUT2D eigenvalue weighted by atomic mass is 10.4. The third-order valence-electron chi connectivity index (χ3n) is 1.66. The van der Waals surface area contributed by atoms with Gasteiger partial charge in [0.15, 0.2) is 17.0 Å². The molecule has 0 bridgehead atoms. The molecule has 0 aliphatic rings. The average molecular weight is 192 g/mol. The van der Waals surface area contributed by atoms with Crippen LogP contribution in [0.25, 0.3) is 11.2 Å². The number of aliphatic hydroxyl groups is 1. The van der Waals surface area contributed by atoms with E-state index in [1.807, 2.05) is 0 Å². The van der Waals surface area contributed by atoms with Crippen molar-refractivity contribution in [2.24, 2.45) is 0 Å². The lowest BCUT2D eigenvalue weighted by molar-refractivity contribution is 0.277. The zero-order valence-electron chi connectivity index (χ0n) is 7.18. The molecule has 0 fully saturated rings. The molecular formula is C7H8N6O. The van der Waals surface area contributed by atoms with Crippen LogP contribution in [-0.2, 0) is 6.61 Å². The number of nitrogen functional groups attached to an aromatic ring is 2. The fraction of sp³-hybridized carbons (Fsp3) is 0.143. The van der Waals surface area contributed by atoms with Crippen molar-refractivity contribution in [3.8, 4) is 0 Å². The smallest absolute Gasteiger partial charge is 0.224 e. The third-order valence-corrected chi connectivity index (χ3v) is 1.66. The van der Waals surface area contributed by atoms with Gasteiger partial charge in [0.2, 0.25) is 5.95 Å². The number of hydrogen-bond donors (Lipinski definition) is 3. The van der Waals surface area contributed by atoms with E-state index >= 15 is 0 Å². The Bertz CT molecular complexity index is 485. The predicted octanol–water partition coefficient (Wildman–Crippen LogP) is -0.924. The normalized spacial score (nSPS) is 10.6. The monoisotopic (exact) mass is 192 g/mol. The first-order valence-corrected chi connectivity index (χ1v) is 3.86. The zero-order valence-corrected chi connectivity index (χ0v) is 7.18. The summed E-state index contributed by atoms with van der Waals surface area (Å²) in [5.41, 5.74) is 12.0. The maximum Gasteiger partial charge on any atom is 0.224 e. The van der Waals surface area contributed by atoms with Gasteiger partial charge in [0, 0.05) is 0 Å². The van der Waals surface area contributed by atoms with Gasteiger partial charge in [-0.2, -0.15) is 9.97 Å². The Kier molecular flexibility index (Phi) is 1.86. The van der Waals surface area contributed by atoms with Crippen molar-refractivity contribution >= 4 is 22.9 Å². The first-order valence-electron chi connectivity index (χ1n) is 3.86. The summed E-state index contributed by atoms with van der Waals surface area (Å²) in [6.45, 7) is -0.202. The van der Waals surface area contributed by atoms with Crippen LogP contribution in [0.5, 0.6) is 0 Å². The van der Waals surface area contributed by atoms with Crippen LogP contribution in [0.15, 0.2) is 6.20 Å². The predicted molar refractivity (Wildman–Crippen MR) is 49.9 cm³/mol. The fourth-order valence-electron chi connectivity index (χ4n) is 1.06. The van der Waals surface area contributed by atoms with E-state index in [1.165, 1.54) is 6.20 Å². The molecule has 0 unspecified atom stereocenters. The molecule has 0 atom stereocenters. The molecule has 0 aromatic carbocycles. The second kappa shape index (κ2) is 3.04. The summed E-state index contributed by atoms with van der Waals surface area (Å²) in [6.07, 6.45) is 1.41. The Morgan fingerprint density at radius 2 is 2.00 bits per heavy atom. The van der Waals surface area contributed by atoms with Gasteiger partial charge >= 0.3 is 0 Å². The maximum absolute atomic E-state index is 8.83. The molecule has 2 heterocycles. The Labute approximate surface area is 78.8 Å². The second-order valence-electron chi connectivity index (χ2n) is 2.66. The van der Waals surface area contributed by atoms with Crippen molar-refractivity contribution in [2.75, 3.05) is 11.5 Å². The standard InChI is InChI=1S/C7H8N6O/c8-5-4-6(13-7(9)12-5)10-1-3(2-14)11-4/h1,14H,2H2,(H4,8,9,10,12,13). The summed E-state index contributed by atoms with van der Waals surface area (Å²) in [6, 6.07) is 0. The highest BCUT2D eigenvalue weighted by Crippen LogP contribution is 2.14. The summed E-state index contributed by atoms with van der Waals surface area (Å²) >= 11 is 0. The fourth-order valence-corrected chi connectivity index (χ4v) is 1.06. The summed E-state index contributed by atoms with van der Waals surface area (Å²) in [4.78, 5) is 15.5. The minimum atomic E-state index is -0.202. The largest absolute Gasteiger partial charge is 0.390 e. The molecule has 2 rings (SSSR count). The minimum Gasteiger partial charge on any atom is -0.390 e. The van der Waals surface area contributed by atoms with Crippen LogP contribution >= 0.6 is 0 Å². The van der Waals surface area contributed by atoms with Crippen LogP contribution in [0.1, 0.15) is 5.69 Å². The molecule has 0 amide bonds. The zero-order chi connectivity index (χ0) is 10.1. The Balaban J connectivity index is 2.75. The first kappa shape index (κ1) is 8.57. The summed E-state index contributed by atoms with van der Waals surface area (Å²) < 4.78 is 0. The number of rotatable bonds is 1. The van der Waals surface area contributed by atoms with E-state index in [0.29, 0.717) is 16.9 Å². The van der Waals surface area contributed by atoms with Crippen LogP contribution in [0, 0.1) is 0 Å². The van der Waals surface area contributed by atoms with Gasteiger partial charge in [-0.1, -0.05) is 0 Å². The van der Waals surface area contributed by atoms with Crippen LogP contribution in [0.4, 0.5) is 11.8 Å². The number of nitrogens with two attached hydrogens (primary N) is 2. The molecule has 72 valence electrons. The van der Waals surface area contributed by atoms with Gasteiger partial charge < -0.3 is 16.6 Å². The molecule has 0 radical (unpaired) electrons. The number of fused-ring (bicyclic) bond motifs is 1. The van der Waals surface area contributed by atoms with Gasteiger partial charge in [-0.15, -0.1) is 0 Å². The van der Waals surface area contributed by atoms with Gasteiger partial charge in [0.05, 0.1) is 18.5 Å². The molecule has 2 aromatic heterocycles. The Hall–Kier alpha value is -2.02. The van der Waals surface area contributed by atoms with Crippen LogP contribution in [-0.4, -0.2) is 25.0 Å². The maximum atomic E-state index is 8.83. The van der Waals surface area contributed by atoms with Gasteiger partial charge in [-0.05, 0) is 0 Å². The highest BCUT2D eigenvalue weighted by molar-refractivity contribution is 5.81. The molecule has 0 spiro atoms. The molecule has 0 aliphatic carbocycles. The first-order chi connectivity index (χ1) is 6.70. The highest BCUT2D eigenvalue weighted by atomic mass is 16.3. The van der Waals surface area contributed by atoms with Crippen LogP contribution in [0.2, 0.25) is 0 Å². The molecule has 14 heavy (non-hydrogen) atoms. The Morgan fingerprint density at radius 1 is 1.21 bits per heavy atom. The van der Waals surface area contributed by atoms with Crippen molar-refractivity contribution in [1.29, 1.82) is 0 Å². The number of aliphatic hydroxyl groups excluding tert-OH is 1. The molecule has 0 saturated carbocycles. The summed E-state index contributed by atoms with van der Waals surface area (Å²) in [5, 5.41) is 8.83. The summed E-state index contributed by atoms with van der Waals surface area (Å²) in [7, 11) is 0. The van der Waals surface area contributed by atoms with E-state index in [1.54, 1.807) is 0 Å². The average Bonchev–Trinajstić information content (AvgIpc) is 2.17. The van der Waals surface area contributed by atoms with Crippen LogP contribution < -0.4 is 11.5 Å². The third kappa shape index (κ3) is 1.29. The topological polar surface area (TPSA) is 124 Å². The van der Waals surface area contributed by atoms with Crippen molar-refractivity contribution in [3.63, 3.8) is 0 Å². The van der Waals surface area contributed by atoms with E-state index in [0.717, 1.165) is 0 Å². The van der Waals surface area contributed by atoms with Gasteiger partial charge in [0.1, 0.15) is 0 Å².